The van der Waals surface area contributed by atoms with Gasteiger partial charge in [0.05, 0.1) is 31.3 Å². The Morgan fingerprint density at radius 3 is 0.919 bits per heavy atom. The van der Waals surface area contributed by atoms with Gasteiger partial charge in [0.2, 0.25) is 0 Å². The van der Waals surface area contributed by atoms with Crippen molar-refractivity contribution in [1.29, 1.82) is 0 Å². The zero-order chi connectivity index (χ0) is 98.3. The normalized spacial score (nSPS) is 25.0. The molecule has 5 aromatic carbocycles. The molecule has 9 nitrogen and oxygen atoms in total. The summed E-state index contributed by atoms with van der Waals surface area (Å²) in [4.78, 5) is 19.9. The second-order valence-electron chi connectivity index (χ2n) is 41.6. The Hall–Kier alpha value is -0.368. The van der Waals surface area contributed by atoms with E-state index in [2.05, 4.69) is 128 Å². The molecular formula is C115H178Cl8N4O5Zr4. The number of aryl methyl sites for hydroxylation is 1. The molecule has 0 bridgehead atoms. The Morgan fingerprint density at radius 1 is 0.272 bits per heavy atom. The van der Waals surface area contributed by atoms with Crippen molar-refractivity contribution in [3.8, 4) is 39.9 Å². The number of ether oxygens (including phenoxy) is 1. The van der Waals surface area contributed by atoms with Gasteiger partial charge in [0, 0.05) is 52.7 Å². The summed E-state index contributed by atoms with van der Waals surface area (Å²) in [6.07, 6.45) is 82.4. The number of phenolic OH excluding ortho intramolecular Hbond substituents is 4. The predicted octanol–water partition coefficient (Wildman–Crippen LogP) is 39.3. The van der Waals surface area contributed by atoms with Crippen molar-refractivity contribution in [2.45, 2.75) is 469 Å². The molecule has 4 N–H and O–H groups in total. The summed E-state index contributed by atoms with van der Waals surface area (Å²) in [5, 5.41) is 45.2. The van der Waals surface area contributed by atoms with Gasteiger partial charge in [-0.25, -0.2) is 0 Å². The van der Waals surface area contributed by atoms with Gasteiger partial charge in [-0.2, -0.15) is 0 Å². The molecule has 5 aromatic rings. The molecule has 0 heterocycles. The molecule has 8 aliphatic rings. The fourth-order valence-electron chi connectivity index (χ4n) is 22.8. The first-order valence-electron chi connectivity index (χ1n) is 54.2. The molecule has 13 rings (SSSR count). The summed E-state index contributed by atoms with van der Waals surface area (Å²) in [5.74, 6) is 9.30. The van der Waals surface area contributed by atoms with Crippen molar-refractivity contribution in [1.82, 2.24) is 0 Å². The van der Waals surface area contributed by atoms with E-state index in [1.807, 2.05) is 37.0 Å². The van der Waals surface area contributed by atoms with Crippen molar-refractivity contribution < 1.29 is 109 Å². The van der Waals surface area contributed by atoms with Crippen LogP contribution in [0, 0.1) is 48.3 Å². The molecule has 21 heteroatoms. The molecule has 0 aromatic heterocycles. The zero-order valence-corrected chi connectivity index (χ0v) is 101. The van der Waals surface area contributed by atoms with Gasteiger partial charge in [-0.15, -0.1) is 0 Å². The number of methoxy groups -OCH3 is 1. The van der Waals surface area contributed by atoms with Crippen LogP contribution in [0.5, 0.6) is 28.7 Å². The number of aromatic hydroxyl groups is 4. The molecule has 8 aliphatic carbocycles. The van der Waals surface area contributed by atoms with Crippen LogP contribution in [0.3, 0.4) is 0 Å². The molecule has 0 saturated heterocycles. The van der Waals surface area contributed by atoms with E-state index in [0.717, 1.165) is 92.8 Å². The van der Waals surface area contributed by atoms with E-state index < -0.39 is 83.4 Å². The van der Waals surface area contributed by atoms with Crippen LogP contribution in [0.4, 0.5) is 0 Å². The Morgan fingerprint density at radius 2 is 0.559 bits per heavy atom. The first-order chi connectivity index (χ1) is 66.2. The molecule has 0 aliphatic heterocycles. The molecular weight excluding hydrogens is 2170 g/mol. The van der Waals surface area contributed by atoms with Gasteiger partial charge >= 0.3 is 151 Å². The number of phenols is 4. The number of halogens is 8. The van der Waals surface area contributed by atoms with Crippen LogP contribution < -0.4 is 4.74 Å². The number of aliphatic imine (C=N–C) groups is 4. The van der Waals surface area contributed by atoms with Crippen molar-refractivity contribution in [3.05, 3.63) is 135 Å². The molecule has 760 valence electrons. The number of hydrogen-bond acceptors (Lipinski definition) is 9. The van der Waals surface area contributed by atoms with Gasteiger partial charge in [-0.05, 0) is 213 Å². The predicted molar refractivity (Wildman–Crippen MR) is 580 cm³/mol. The van der Waals surface area contributed by atoms with E-state index in [9.17, 15) is 20.4 Å². The molecule has 11 atom stereocenters. The summed E-state index contributed by atoms with van der Waals surface area (Å²) in [7, 11) is 41.2. The van der Waals surface area contributed by atoms with Crippen LogP contribution >= 0.6 is 68.1 Å². The van der Waals surface area contributed by atoms with Gasteiger partial charge in [0.25, 0.3) is 0 Å². The maximum atomic E-state index is 11.7. The SMILES string of the molecule is CC1CCCC(N=Cc2cccc(C3CCCCCCCCCCC3)c2O)C1C.CC1CCCCC1N=Cc1c(-c2ccccc2)ccc(C2CCCCCCCCCCC2)c1O.COc1cc(C=NC2CCCC(C)C2C)c(O)c(C2CCCCCCCCCCC2)c1.Cc1cc(C=NC2CCCC(C)C2C)c(O)c(C2CCCCCCCCCCC2)c1.[Cl][Zr][Cl].[Cl][Zr][Cl].[Cl][Zr][Cl].[Cl][Zr][Cl]. The van der Waals surface area contributed by atoms with E-state index in [4.69, 9.17) is 92.8 Å². The zero-order valence-electron chi connectivity index (χ0n) is 85.4. The number of rotatable bonds is 14. The average Bonchev–Trinajstić information content (AvgIpc) is 0.791. The van der Waals surface area contributed by atoms with Gasteiger partial charge < -0.3 is 25.2 Å². The minimum absolute atomic E-state index is 0.360. The van der Waals surface area contributed by atoms with Crippen LogP contribution in [0.15, 0.2) is 105 Å². The van der Waals surface area contributed by atoms with E-state index in [-0.39, 0.29) is 0 Å². The third kappa shape index (κ3) is 47.9. The van der Waals surface area contributed by atoms with E-state index >= 15 is 0 Å². The van der Waals surface area contributed by atoms with Crippen LogP contribution in [0.2, 0.25) is 0 Å². The summed E-state index contributed by atoms with van der Waals surface area (Å²) < 4.78 is 5.64. The van der Waals surface area contributed by atoms with E-state index in [0.29, 0.717) is 94.5 Å². The van der Waals surface area contributed by atoms with Crippen LogP contribution in [-0.2, 0) is 83.4 Å². The molecule has 8 saturated carbocycles. The number of nitrogens with zero attached hydrogens (tertiary/aromatic N) is 4. The number of hydrogen-bond donors (Lipinski definition) is 4. The van der Waals surface area contributed by atoms with Gasteiger partial charge in [-0.1, -0.05) is 392 Å². The second-order valence-corrected chi connectivity index (χ2v) is 56.5. The minimum atomic E-state index is -0.826. The van der Waals surface area contributed by atoms with Crippen molar-refractivity contribution in [2.75, 3.05) is 7.11 Å². The fraction of sp³-hybridized carbons (Fsp3) is 0.704. The van der Waals surface area contributed by atoms with Crippen LogP contribution in [0.1, 0.15) is 488 Å². The molecule has 136 heavy (non-hydrogen) atoms. The molecule has 0 amide bonds. The maximum absolute atomic E-state index is 11.7. The second kappa shape index (κ2) is 77.1. The summed E-state index contributed by atoms with van der Waals surface area (Å²) >= 11 is -3.30. The average molecular weight is 2350 g/mol. The summed E-state index contributed by atoms with van der Waals surface area (Å²) in [5.41, 5.74) is 11.7. The Balaban J connectivity index is 0.000000268. The Bertz CT molecular complexity index is 4000. The third-order valence-electron chi connectivity index (χ3n) is 32.0. The monoisotopic (exact) mass is 2330 g/mol. The first kappa shape index (κ1) is 124. The van der Waals surface area contributed by atoms with Crippen LogP contribution in [-0.4, -0.2) is 76.6 Å². The van der Waals surface area contributed by atoms with Gasteiger partial charge in [0.1, 0.15) is 28.7 Å². The fourth-order valence-corrected chi connectivity index (χ4v) is 22.8. The van der Waals surface area contributed by atoms with Crippen molar-refractivity contribution in [3.63, 3.8) is 0 Å². The van der Waals surface area contributed by atoms with Crippen molar-refractivity contribution in [2.24, 2.45) is 61.4 Å². The summed E-state index contributed by atoms with van der Waals surface area (Å²) in [6.45, 7) is 18.6. The molecule has 0 radical (unpaired) electrons. The standard InChI is InChI=1S/C32H45NO.C28H45NO2.C28H45NO.C27H43NO.8ClH.4Zr/c1-25-16-14-15-21-31(25)33-24-30-28(26-17-12-9-13-18-26)22-23-29(32(30)34)27-19-10-7-5-3-2-4-6-8-11-20-27;1-21-14-13-17-27(22(21)2)29-20-24-18-25(31-3)19-26(28(24)30)23-15-11-9-7-5-4-6-8-10-12-16-23;1-21-18-25(20-29-27-17-13-14-22(2)23(27)3)28(30)26(19-21)24-15-11-9-7-5-4-6-8-10-12-16-24;1-21-14-12-19-26(22(21)2)28-20-24-17-13-18-25(27(24)29)23-15-10-8-6-4-3-5-7-9-11-16-23;;;;;;;;;;;;/h9,12-13,17-18,22-25,27,31,34H,2-8,10-11,14-16,19-21H2,1H3;18-23,27,30H,4-17H2,1-3H3;18-20,22-24,27,30H,4-17H2,1-3H3;13,17-18,20-23,26,29H,3-12,14-16,19H2,1-2H3;8*1H;;;;/q;;;;;;;;;;;;4*+2/p-8. The topological polar surface area (TPSA) is 140 Å². The van der Waals surface area contributed by atoms with Gasteiger partial charge in [-0.3, -0.25) is 20.0 Å². The Kier molecular flexibility index (Phi) is 70.4. The molecule has 11 unspecified atom stereocenters. The van der Waals surface area contributed by atoms with E-state index in [1.54, 1.807) is 7.11 Å². The quantitative estimate of drug-likeness (QED) is 0.0820. The summed E-state index contributed by atoms with van der Waals surface area (Å²) in [6, 6.07) is 31.2. The van der Waals surface area contributed by atoms with Crippen molar-refractivity contribution >= 4 is 93.0 Å². The molecule has 8 fully saturated rings. The van der Waals surface area contributed by atoms with Gasteiger partial charge in [0.15, 0.2) is 0 Å². The number of benzene rings is 5. The first-order valence-corrected chi connectivity index (χ1v) is 79.5. The number of para-hydroxylation sites is 1. The van der Waals surface area contributed by atoms with E-state index in [1.165, 1.54) is 358 Å². The third-order valence-corrected chi connectivity index (χ3v) is 32.0. The molecule has 0 spiro atoms. The Labute approximate surface area is 903 Å². The van der Waals surface area contributed by atoms with Crippen LogP contribution in [0.25, 0.3) is 11.1 Å².